The zero-order chi connectivity index (χ0) is 41.7. The summed E-state index contributed by atoms with van der Waals surface area (Å²) in [4.78, 5) is 2.35. The van der Waals surface area contributed by atoms with Crippen LogP contribution in [0.4, 0.5) is 17.1 Å². The van der Waals surface area contributed by atoms with Crippen LogP contribution in [-0.2, 0) is 0 Å². The van der Waals surface area contributed by atoms with E-state index in [0.717, 1.165) is 17.1 Å². The lowest BCUT2D eigenvalue weighted by Gasteiger charge is -2.26. The van der Waals surface area contributed by atoms with Gasteiger partial charge in [0.25, 0.3) is 0 Å². The van der Waals surface area contributed by atoms with Crippen molar-refractivity contribution < 1.29 is 0 Å². The highest BCUT2D eigenvalue weighted by Gasteiger charge is 2.15. The first kappa shape index (κ1) is 37.2. The number of nitrogens with zero attached hydrogens (tertiary/aromatic N) is 1. The van der Waals surface area contributed by atoms with Gasteiger partial charge in [-0.05, 0) is 128 Å². The molecule has 0 saturated heterocycles. The minimum atomic E-state index is 1.10. The standard InChI is InChI=1S/C60H39NS2/c1-2-8-40(9-3-1)43-22-30-50(31-23-43)61(51-32-24-44(25-33-51)41-14-18-46(19-15-41)48-28-36-59-55(38-48)53-10-4-6-12-57(53)62-59)52-34-26-45(27-35-52)42-16-20-47(21-17-42)49-29-37-60-56(39-49)54-11-5-7-13-58(54)63-60/h1-39H. The van der Waals surface area contributed by atoms with Gasteiger partial charge in [0.2, 0.25) is 0 Å². The molecule has 0 spiro atoms. The molecule has 0 aliphatic rings. The molecule has 63 heavy (non-hydrogen) atoms. The van der Waals surface area contributed by atoms with Gasteiger partial charge in [-0.25, -0.2) is 0 Å². The summed E-state index contributed by atoms with van der Waals surface area (Å²) in [6, 6.07) is 86.5. The average Bonchev–Trinajstić information content (AvgIpc) is 3.93. The first-order valence-corrected chi connectivity index (χ1v) is 23.0. The summed E-state index contributed by atoms with van der Waals surface area (Å²) in [7, 11) is 0. The number of fused-ring (bicyclic) bond motifs is 6. The van der Waals surface area contributed by atoms with Crippen LogP contribution in [0.3, 0.4) is 0 Å². The predicted molar refractivity (Wildman–Crippen MR) is 274 cm³/mol. The quantitative estimate of drug-likeness (QED) is 0.147. The second-order valence-electron chi connectivity index (χ2n) is 16.1. The topological polar surface area (TPSA) is 3.24 Å². The molecule has 0 bridgehead atoms. The van der Waals surface area contributed by atoms with E-state index in [0.29, 0.717) is 0 Å². The molecule has 0 amide bonds. The molecule has 0 atom stereocenters. The smallest absolute Gasteiger partial charge is 0.0462 e. The van der Waals surface area contributed by atoms with Crippen molar-refractivity contribution in [2.75, 3.05) is 4.90 Å². The van der Waals surface area contributed by atoms with Crippen molar-refractivity contribution >= 4 is 80.1 Å². The number of anilines is 3. The van der Waals surface area contributed by atoms with Crippen LogP contribution in [-0.4, -0.2) is 0 Å². The summed E-state index contributed by atoms with van der Waals surface area (Å²) in [5.41, 5.74) is 15.4. The zero-order valence-corrected chi connectivity index (χ0v) is 35.9. The Hall–Kier alpha value is -7.56. The molecule has 296 valence electrons. The number of hydrogen-bond acceptors (Lipinski definition) is 3. The molecule has 0 unspecified atom stereocenters. The summed E-state index contributed by atoms with van der Waals surface area (Å²) in [6.07, 6.45) is 0. The molecule has 0 aliphatic heterocycles. The maximum Gasteiger partial charge on any atom is 0.0462 e. The Kier molecular flexibility index (Phi) is 9.29. The molecule has 0 aliphatic carbocycles. The third kappa shape index (κ3) is 6.98. The summed E-state index contributed by atoms with van der Waals surface area (Å²) in [5.74, 6) is 0. The zero-order valence-electron chi connectivity index (χ0n) is 34.3. The highest BCUT2D eigenvalue weighted by atomic mass is 32.1. The molecular weight excluding hydrogens is 799 g/mol. The Labute approximate surface area is 375 Å². The summed E-state index contributed by atoms with van der Waals surface area (Å²) < 4.78 is 5.33. The van der Waals surface area contributed by atoms with Gasteiger partial charge < -0.3 is 4.90 Å². The van der Waals surface area contributed by atoms with E-state index >= 15 is 0 Å². The third-order valence-electron chi connectivity index (χ3n) is 12.3. The lowest BCUT2D eigenvalue weighted by Crippen LogP contribution is -2.09. The van der Waals surface area contributed by atoms with Gasteiger partial charge in [-0.15, -0.1) is 22.7 Å². The molecule has 10 aromatic carbocycles. The number of rotatable bonds is 8. The fourth-order valence-electron chi connectivity index (χ4n) is 9.01. The molecule has 0 N–H and O–H groups in total. The lowest BCUT2D eigenvalue weighted by molar-refractivity contribution is 1.28. The fourth-order valence-corrected chi connectivity index (χ4v) is 11.2. The van der Waals surface area contributed by atoms with E-state index < -0.39 is 0 Å². The predicted octanol–water partition coefficient (Wildman–Crippen LogP) is 18.2. The molecule has 12 aromatic rings. The van der Waals surface area contributed by atoms with Crippen LogP contribution in [0.2, 0.25) is 0 Å². The minimum Gasteiger partial charge on any atom is -0.311 e. The Morgan fingerprint density at radius 3 is 0.857 bits per heavy atom. The van der Waals surface area contributed by atoms with E-state index in [2.05, 4.69) is 241 Å². The van der Waals surface area contributed by atoms with Crippen LogP contribution in [0.1, 0.15) is 0 Å². The maximum atomic E-state index is 2.35. The van der Waals surface area contributed by atoms with Gasteiger partial charge in [0, 0.05) is 57.4 Å². The first-order chi connectivity index (χ1) is 31.2. The molecule has 0 saturated carbocycles. The fraction of sp³-hybridized carbons (Fsp3) is 0. The number of benzene rings is 10. The van der Waals surface area contributed by atoms with Crippen LogP contribution < -0.4 is 4.90 Å². The van der Waals surface area contributed by atoms with E-state index in [9.17, 15) is 0 Å². The van der Waals surface area contributed by atoms with Crippen molar-refractivity contribution in [3.63, 3.8) is 0 Å². The molecular formula is C60H39NS2. The van der Waals surface area contributed by atoms with Gasteiger partial charge >= 0.3 is 0 Å². The van der Waals surface area contributed by atoms with E-state index in [1.807, 2.05) is 22.7 Å². The van der Waals surface area contributed by atoms with Gasteiger partial charge in [0.1, 0.15) is 0 Å². The molecule has 0 radical (unpaired) electrons. The van der Waals surface area contributed by atoms with Crippen molar-refractivity contribution in [2.24, 2.45) is 0 Å². The normalized spacial score (nSPS) is 11.5. The largest absolute Gasteiger partial charge is 0.311 e. The molecule has 1 nitrogen and oxygen atoms in total. The summed E-state index contributed by atoms with van der Waals surface area (Å²) >= 11 is 3.72. The Bertz CT molecular complexity index is 3360. The van der Waals surface area contributed by atoms with Crippen molar-refractivity contribution in [1.82, 2.24) is 0 Å². The van der Waals surface area contributed by atoms with Gasteiger partial charge in [0.05, 0.1) is 0 Å². The van der Waals surface area contributed by atoms with Crippen LogP contribution in [0.5, 0.6) is 0 Å². The molecule has 2 aromatic heterocycles. The third-order valence-corrected chi connectivity index (χ3v) is 14.6. The summed E-state index contributed by atoms with van der Waals surface area (Å²) in [5, 5.41) is 5.31. The van der Waals surface area contributed by atoms with Gasteiger partial charge in [0.15, 0.2) is 0 Å². The van der Waals surface area contributed by atoms with Gasteiger partial charge in [-0.3, -0.25) is 0 Å². The van der Waals surface area contributed by atoms with Crippen LogP contribution >= 0.6 is 22.7 Å². The van der Waals surface area contributed by atoms with Crippen molar-refractivity contribution in [3.05, 3.63) is 237 Å². The molecule has 12 rings (SSSR count). The molecule has 3 heteroatoms. The second kappa shape index (κ2) is 15.7. The average molecular weight is 838 g/mol. The molecule has 0 fully saturated rings. The molecule has 2 heterocycles. The number of hydrogen-bond donors (Lipinski definition) is 0. The van der Waals surface area contributed by atoms with Crippen molar-refractivity contribution in [3.8, 4) is 55.6 Å². The van der Waals surface area contributed by atoms with Crippen molar-refractivity contribution in [1.29, 1.82) is 0 Å². The second-order valence-corrected chi connectivity index (χ2v) is 18.3. The van der Waals surface area contributed by atoms with Gasteiger partial charge in [-0.2, -0.15) is 0 Å². The van der Waals surface area contributed by atoms with Crippen molar-refractivity contribution in [2.45, 2.75) is 0 Å². The highest BCUT2D eigenvalue weighted by molar-refractivity contribution is 7.26. The Morgan fingerprint density at radius 1 is 0.206 bits per heavy atom. The number of thiophene rings is 2. The van der Waals surface area contributed by atoms with E-state index in [1.54, 1.807) is 0 Å². The Balaban J connectivity index is 0.831. The highest BCUT2D eigenvalue weighted by Crippen LogP contribution is 2.41. The lowest BCUT2D eigenvalue weighted by atomic mass is 9.98. The van der Waals surface area contributed by atoms with E-state index in [1.165, 1.54) is 96.0 Å². The minimum absolute atomic E-state index is 1.10. The van der Waals surface area contributed by atoms with Crippen LogP contribution in [0, 0.1) is 0 Å². The van der Waals surface area contributed by atoms with E-state index in [-0.39, 0.29) is 0 Å². The SMILES string of the molecule is c1ccc(-c2ccc(N(c3ccc(-c4ccc(-c5ccc6sc7ccccc7c6c5)cc4)cc3)c3ccc(-c4ccc(-c5ccc6sc7ccccc7c6c5)cc4)cc3)cc2)cc1. The van der Waals surface area contributed by atoms with Crippen LogP contribution in [0.25, 0.3) is 96.0 Å². The van der Waals surface area contributed by atoms with E-state index in [4.69, 9.17) is 0 Å². The van der Waals surface area contributed by atoms with Crippen LogP contribution in [0.15, 0.2) is 237 Å². The Morgan fingerprint density at radius 2 is 0.476 bits per heavy atom. The van der Waals surface area contributed by atoms with Gasteiger partial charge in [-0.1, -0.05) is 164 Å². The maximum absolute atomic E-state index is 2.35. The summed E-state index contributed by atoms with van der Waals surface area (Å²) in [6.45, 7) is 0. The first-order valence-electron chi connectivity index (χ1n) is 21.4. The monoisotopic (exact) mass is 837 g/mol.